The van der Waals surface area contributed by atoms with Gasteiger partial charge in [0.25, 0.3) is 0 Å². The molecule has 0 saturated carbocycles. The first kappa shape index (κ1) is 17.1. The normalized spacial score (nSPS) is 13.2. The van der Waals surface area contributed by atoms with Crippen LogP contribution in [0, 0.1) is 5.92 Å². The zero-order valence-corrected chi connectivity index (χ0v) is 11.3. The maximum Gasteiger partial charge on any atom is 0.344 e. The molecule has 0 unspecified atom stereocenters. The van der Waals surface area contributed by atoms with Crippen LogP contribution in [0.4, 0.5) is 0 Å². The third-order valence-electron chi connectivity index (χ3n) is 1.97. The average Bonchev–Trinajstić information content (AvgIpc) is 2.20. The van der Waals surface area contributed by atoms with E-state index in [0.717, 1.165) is 0 Å². The minimum atomic E-state index is -4.27. The maximum atomic E-state index is 11.4. The van der Waals surface area contributed by atoms with Gasteiger partial charge in [-0.05, 0) is 12.3 Å². The Morgan fingerprint density at radius 1 is 1.28 bits per heavy atom. The lowest BCUT2D eigenvalue weighted by Gasteiger charge is -2.14. The van der Waals surface area contributed by atoms with Gasteiger partial charge in [0, 0.05) is 0 Å². The molecule has 0 saturated heterocycles. The average molecular weight is 281 g/mol. The molecule has 9 heteroatoms. The van der Waals surface area contributed by atoms with Gasteiger partial charge in [0.2, 0.25) is 11.8 Å². The highest BCUT2D eigenvalue weighted by Gasteiger charge is 2.17. The van der Waals surface area contributed by atoms with Crippen LogP contribution in [-0.2, 0) is 14.2 Å². The van der Waals surface area contributed by atoms with Gasteiger partial charge >= 0.3 is 7.60 Å². The van der Waals surface area contributed by atoms with E-state index in [9.17, 15) is 14.2 Å². The second-order valence-corrected chi connectivity index (χ2v) is 6.02. The molecule has 0 fully saturated rings. The Hall–Kier alpha value is -0.950. The molecule has 0 aromatic carbocycles. The molecule has 0 aromatic heterocycles. The Morgan fingerprint density at radius 2 is 1.83 bits per heavy atom. The molecule has 2 amide bonds. The molecule has 0 bridgehead atoms. The second kappa shape index (κ2) is 7.48. The lowest BCUT2D eigenvalue weighted by molar-refractivity contribution is -0.126. The molecule has 0 aromatic rings. The highest BCUT2D eigenvalue weighted by molar-refractivity contribution is 7.51. The second-order valence-electron chi connectivity index (χ2n) is 4.38. The molecular formula is C9H20N3O5P. The number of hydrogen-bond acceptors (Lipinski definition) is 4. The van der Waals surface area contributed by atoms with Crippen molar-refractivity contribution in [3.05, 3.63) is 0 Å². The summed E-state index contributed by atoms with van der Waals surface area (Å²) in [5.74, 6) is -0.882. The predicted octanol–water partition coefficient (Wildman–Crippen LogP) is -1.27. The molecular weight excluding hydrogens is 261 g/mol. The number of carbonyl (C=O) groups excluding carboxylic acids is 2. The van der Waals surface area contributed by atoms with E-state index in [4.69, 9.17) is 15.5 Å². The van der Waals surface area contributed by atoms with Crippen molar-refractivity contribution < 1.29 is 23.9 Å². The molecule has 0 spiro atoms. The summed E-state index contributed by atoms with van der Waals surface area (Å²) in [6, 6.07) is -0.695. The van der Waals surface area contributed by atoms with Crippen molar-refractivity contribution in [3.8, 4) is 0 Å². The molecule has 106 valence electrons. The number of nitrogens with two attached hydrogens (primary N) is 1. The van der Waals surface area contributed by atoms with E-state index >= 15 is 0 Å². The lowest BCUT2D eigenvalue weighted by Crippen LogP contribution is -2.45. The van der Waals surface area contributed by atoms with E-state index in [-0.39, 0.29) is 12.5 Å². The molecule has 0 aliphatic heterocycles. The van der Waals surface area contributed by atoms with Crippen molar-refractivity contribution in [2.45, 2.75) is 26.3 Å². The third-order valence-corrected chi connectivity index (χ3v) is 2.54. The van der Waals surface area contributed by atoms with Crippen LogP contribution < -0.4 is 16.4 Å². The van der Waals surface area contributed by atoms with Crippen LogP contribution in [0.1, 0.15) is 20.3 Å². The molecule has 0 rings (SSSR count). The summed E-state index contributed by atoms with van der Waals surface area (Å²) in [5, 5.41) is 4.29. The van der Waals surface area contributed by atoms with Gasteiger partial charge in [-0.15, -0.1) is 0 Å². The van der Waals surface area contributed by atoms with Crippen molar-refractivity contribution in [2.75, 3.05) is 12.8 Å². The Kier molecular flexibility index (Phi) is 7.08. The van der Waals surface area contributed by atoms with Gasteiger partial charge in [-0.2, -0.15) is 0 Å². The first-order valence-electron chi connectivity index (χ1n) is 5.46. The van der Waals surface area contributed by atoms with Crippen molar-refractivity contribution >= 4 is 19.4 Å². The Morgan fingerprint density at radius 3 is 2.28 bits per heavy atom. The zero-order chi connectivity index (χ0) is 14.3. The van der Waals surface area contributed by atoms with E-state index in [1.54, 1.807) is 0 Å². The van der Waals surface area contributed by atoms with Gasteiger partial charge in [0.15, 0.2) is 0 Å². The van der Waals surface area contributed by atoms with Crippen LogP contribution in [0.3, 0.4) is 0 Å². The van der Waals surface area contributed by atoms with Crippen molar-refractivity contribution in [2.24, 2.45) is 11.7 Å². The largest absolute Gasteiger partial charge is 0.346 e. The summed E-state index contributed by atoms with van der Waals surface area (Å²) < 4.78 is 10.5. The Balaban J connectivity index is 3.92. The van der Waals surface area contributed by atoms with E-state index < -0.39 is 31.7 Å². The molecule has 6 N–H and O–H groups in total. The lowest BCUT2D eigenvalue weighted by atomic mass is 10.0. The van der Waals surface area contributed by atoms with Crippen LogP contribution in [-0.4, -0.2) is 40.5 Å². The molecule has 18 heavy (non-hydrogen) atoms. The summed E-state index contributed by atoms with van der Waals surface area (Å²) in [6.45, 7) is 3.48. The fourth-order valence-corrected chi connectivity index (χ4v) is 1.55. The summed E-state index contributed by atoms with van der Waals surface area (Å²) in [7, 11) is -4.27. The van der Waals surface area contributed by atoms with Crippen molar-refractivity contribution in [3.63, 3.8) is 0 Å². The minimum Gasteiger partial charge on any atom is -0.346 e. The van der Waals surface area contributed by atoms with Gasteiger partial charge < -0.3 is 26.2 Å². The quantitative estimate of drug-likeness (QED) is 0.368. The van der Waals surface area contributed by atoms with E-state index in [1.165, 1.54) is 0 Å². The van der Waals surface area contributed by atoms with Crippen LogP contribution in [0.5, 0.6) is 0 Å². The summed E-state index contributed by atoms with van der Waals surface area (Å²) in [6.07, 6.45) is -0.254. The highest BCUT2D eigenvalue weighted by Crippen LogP contribution is 2.31. The van der Waals surface area contributed by atoms with Gasteiger partial charge in [0.1, 0.15) is 6.29 Å². The highest BCUT2D eigenvalue weighted by atomic mass is 31.2. The van der Waals surface area contributed by atoms with Crippen LogP contribution >= 0.6 is 7.60 Å². The van der Waals surface area contributed by atoms with E-state index in [0.29, 0.717) is 6.42 Å². The standard InChI is InChI=1S/C9H20N3O5P/c1-6(2)3-7(10)9(14)11-4-8(13)12-5-18(15,16)17/h6-7H,3-5,10H2,1-2H3,(H,11,14)(H,12,13)(H2,15,16,17)/t7-/m0/s1. The van der Waals surface area contributed by atoms with Crippen LogP contribution in [0.15, 0.2) is 0 Å². The zero-order valence-electron chi connectivity index (χ0n) is 10.4. The first-order chi connectivity index (χ1) is 8.11. The van der Waals surface area contributed by atoms with Crippen LogP contribution in [0.2, 0.25) is 0 Å². The maximum absolute atomic E-state index is 11.4. The predicted molar refractivity (Wildman–Crippen MR) is 65.5 cm³/mol. The smallest absolute Gasteiger partial charge is 0.344 e. The summed E-state index contributed by atoms with van der Waals surface area (Å²) >= 11 is 0. The summed E-state index contributed by atoms with van der Waals surface area (Å²) in [5.41, 5.74) is 5.58. The monoisotopic (exact) mass is 281 g/mol. The third kappa shape index (κ3) is 9.12. The number of amides is 2. The fourth-order valence-electron chi connectivity index (χ4n) is 1.17. The van der Waals surface area contributed by atoms with E-state index in [2.05, 4.69) is 5.32 Å². The SMILES string of the molecule is CC(C)C[C@H](N)C(=O)NCC(=O)NCP(=O)(O)O. The number of nitrogens with one attached hydrogen (secondary N) is 2. The Labute approximate surface area is 105 Å². The molecule has 0 radical (unpaired) electrons. The summed E-state index contributed by atoms with van der Waals surface area (Å²) in [4.78, 5) is 39.6. The van der Waals surface area contributed by atoms with Crippen molar-refractivity contribution in [1.82, 2.24) is 10.6 Å². The first-order valence-corrected chi connectivity index (χ1v) is 7.26. The van der Waals surface area contributed by atoms with Gasteiger partial charge in [0.05, 0.1) is 12.6 Å². The molecule has 0 heterocycles. The van der Waals surface area contributed by atoms with Crippen LogP contribution in [0.25, 0.3) is 0 Å². The molecule has 8 nitrogen and oxygen atoms in total. The fraction of sp³-hybridized carbons (Fsp3) is 0.778. The van der Waals surface area contributed by atoms with Gasteiger partial charge in [-0.25, -0.2) is 0 Å². The Bertz CT molecular complexity index is 341. The van der Waals surface area contributed by atoms with Crippen molar-refractivity contribution in [1.29, 1.82) is 0 Å². The van der Waals surface area contributed by atoms with Gasteiger partial charge in [-0.3, -0.25) is 14.2 Å². The molecule has 0 aliphatic rings. The van der Waals surface area contributed by atoms with Gasteiger partial charge in [-0.1, -0.05) is 13.8 Å². The number of carbonyl (C=O) groups is 2. The topological polar surface area (TPSA) is 142 Å². The number of rotatable bonds is 7. The number of hydrogen-bond donors (Lipinski definition) is 5. The van der Waals surface area contributed by atoms with E-state index in [1.807, 2.05) is 19.2 Å². The molecule has 0 aliphatic carbocycles. The minimum absolute atomic E-state index is 0.259. The molecule has 1 atom stereocenters.